The highest BCUT2D eigenvalue weighted by Gasteiger charge is 2.38. The van der Waals surface area contributed by atoms with Crippen LogP contribution < -0.4 is 28.9 Å². The zero-order valence-corrected chi connectivity index (χ0v) is 56.3. The van der Waals surface area contributed by atoms with Crippen LogP contribution in [-0.4, -0.2) is 99.3 Å². The molecule has 0 aliphatic carbocycles. The Kier molecular flexibility index (Phi) is 26.6. The Labute approximate surface area is 549 Å². The summed E-state index contributed by atoms with van der Waals surface area (Å²) in [5.74, 6) is -0.182. The normalized spacial score (nSPS) is 16.9. The largest absolute Gasteiger partial charge is 0.481 e. The van der Waals surface area contributed by atoms with Gasteiger partial charge in [0.2, 0.25) is 0 Å². The van der Waals surface area contributed by atoms with Crippen LogP contribution in [0.5, 0.6) is 0 Å². The Bertz CT molecular complexity index is 3970. The van der Waals surface area contributed by atoms with Gasteiger partial charge in [-0.25, -0.2) is 29.6 Å². The number of fused-ring (bicyclic) bond motifs is 6. The van der Waals surface area contributed by atoms with Crippen LogP contribution in [0.25, 0.3) is 0 Å². The lowest BCUT2D eigenvalue weighted by Crippen LogP contribution is -2.26. The van der Waals surface area contributed by atoms with E-state index in [-0.39, 0.29) is 46.7 Å². The average molecular weight is 1330 g/mol. The lowest BCUT2D eigenvalue weighted by atomic mass is 9.95. The van der Waals surface area contributed by atoms with Crippen molar-refractivity contribution < 1.29 is 59.3 Å². The van der Waals surface area contributed by atoms with Gasteiger partial charge < -0.3 is 31.3 Å². The van der Waals surface area contributed by atoms with E-state index in [1.54, 1.807) is 63.5 Å². The minimum atomic E-state index is -3.82. The molecule has 0 saturated carbocycles. The van der Waals surface area contributed by atoms with Crippen molar-refractivity contribution in [1.29, 1.82) is 0 Å². The van der Waals surface area contributed by atoms with E-state index >= 15 is 0 Å². The van der Waals surface area contributed by atoms with E-state index in [2.05, 4.69) is 21.9 Å². The highest BCUT2D eigenvalue weighted by Crippen LogP contribution is 2.44. The van der Waals surface area contributed by atoms with Gasteiger partial charge in [0.15, 0.2) is 0 Å². The molecule has 6 aromatic carbocycles. The van der Waals surface area contributed by atoms with Crippen LogP contribution in [0.4, 0.5) is 21.5 Å². The van der Waals surface area contributed by atoms with Gasteiger partial charge in [-0.2, -0.15) is 0 Å². The molecule has 0 amide bonds. The number of carboxylic acid groups (broad SMARTS) is 3. The summed E-state index contributed by atoms with van der Waals surface area (Å²) in [6.45, 7) is 5.58. The maximum atomic E-state index is 14.4. The second-order valence-electron chi connectivity index (χ2n) is 23.9. The number of nitrogens with zero attached hydrogens (tertiary/aromatic N) is 3. The van der Waals surface area contributed by atoms with Crippen molar-refractivity contribution in [2.24, 2.45) is 0 Å². The van der Waals surface area contributed by atoms with Crippen molar-refractivity contribution in [3.05, 3.63) is 177 Å². The van der Waals surface area contributed by atoms with Crippen LogP contribution in [0.15, 0.2) is 136 Å². The number of aliphatic carboxylic acids is 3. The highest BCUT2D eigenvalue weighted by atomic mass is 32.2. The van der Waals surface area contributed by atoms with E-state index in [0.29, 0.717) is 64.6 Å². The molecule has 9 rings (SSSR count). The number of benzene rings is 6. The maximum Gasteiger partial charge on any atom is 0.303 e. The van der Waals surface area contributed by atoms with E-state index in [1.807, 2.05) is 73.7 Å². The number of carboxylic acids is 3. The molecule has 0 fully saturated rings. The number of anilines is 3. The number of hydrogen-bond donors (Lipinski definition) is 6. The molecule has 0 saturated heterocycles. The summed E-state index contributed by atoms with van der Waals surface area (Å²) < 4.78 is 98.1. The van der Waals surface area contributed by atoms with Crippen molar-refractivity contribution in [2.45, 2.75) is 169 Å². The van der Waals surface area contributed by atoms with Crippen LogP contribution >= 0.6 is 0 Å². The third kappa shape index (κ3) is 18.6. The molecule has 0 radical (unpaired) electrons. The van der Waals surface area contributed by atoms with Gasteiger partial charge >= 0.3 is 17.9 Å². The van der Waals surface area contributed by atoms with Crippen LogP contribution in [0.2, 0.25) is 0 Å². The number of carbonyl (C=O) groups is 3. The standard InChI is InChI=1S/C26H36N2O4S.C23H26N2O4S.C22H27FN2O4S/c1-20-16-17-22-24(19-20)33(31,32)28(2)23-14-11-10-13-21(23)26(22)27-18-12-8-6-4-3-5-7-9-15-25(29)30;1-3-17-13-14-19-21(16-17)30(28,29)25(2)20-11-8-7-10-18(20)23(19)24-15-9-5-4-6-12-22(26)27;1-15-13-20-17(14-18(15)23)22(24-12-8-4-3-5-11-21(26)27)16-9-6-7-10-19(16)25(2)30(20,28)29/h10-11,13-14,16-17,19,26-27H,3-9,12,15,18H2,1-2H3,(H,29,30);1,7-8,10-11,13-14,16,23-24H,4-6,9,12,15H2,2H3,(H,26,27);6-7,9-10,13-14,22,24H,3-5,8,11-12H2,1-2H3,(H,26,27). The molecule has 22 heteroatoms. The van der Waals surface area contributed by atoms with Crippen molar-refractivity contribution in [2.75, 3.05) is 53.7 Å². The molecule has 0 bridgehead atoms. The van der Waals surface area contributed by atoms with Crippen molar-refractivity contribution in [1.82, 2.24) is 16.0 Å². The molecule has 6 N–H and O–H groups in total. The van der Waals surface area contributed by atoms with E-state index in [1.165, 1.54) is 38.5 Å². The second kappa shape index (κ2) is 34.0. The molecular weight excluding hydrogens is 1240 g/mol. The molecule has 3 atom stereocenters. The third-order valence-electron chi connectivity index (χ3n) is 17.2. The van der Waals surface area contributed by atoms with Gasteiger partial charge in [0.1, 0.15) is 5.82 Å². The van der Waals surface area contributed by atoms with Gasteiger partial charge in [-0.3, -0.25) is 27.3 Å². The Morgan fingerprint density at radius 2 is 0.753 bits per heavy atom. The zero-order valence-electron chi connectivity index (χ0n) is 53.9. The molecule has 3 aliphatic heterocycles. The quantitative estimate of drug-likeness (QED) is 0.0197. The van der Waals surface area contributed by atoms with Gasteiger partial charge in [-0.05, 0) is 165 Å². The summed E-state index contributed by atoms with van der Waals surface area (Å²) in [5.41, 5.74) is 8.18. The monoisotopic (exact) mass is 1330 g/mol. The first kappa shape index (κ1) is 72.8. The van der Waals surface area contributed by atoms with E-state index in [9.17, 15) is 44.0 Å². The number of nitrogens with one attached hydrogen (secondary N) is 3. The van der Waals surface area contributed by atoms with E-state index in [0.717, 1.165) is 118 Å². The zero-order chi connectivity index (χ0) is 67.5. The summed E-state index contributed by atoms with van der Waals surface area (Å²) in [6, 6.07) is 35.1. The number of terminal acetylenes is 1. The molecule has 3 unspecified atom stereocenters. The SMILES string of the molecule is C#Cc1ccc2c(c1)S(=O)(=O)N(C)c1ccccc1C2NCCCCCCC(=O)O.Cc1cc2c(cc1F)C(NCCCCCCC(=O)O)c1ccccc1N(C)S2(=O)=O.Cc1ccc2c(c1)S(=O)(=O)N(C)c1ccccc1C2NCCCCCCCCCCC(=O)O. The number of sulfonamides is 3. The molecule has 93 heavy (non-hydrogen) atoms. The Hall–Kier alpha value is -7.65. The summed E-state index contributed by atoms with van der Waals surface area (Å²) >= 11 is 0. The lowest BCUT2D eigenvalue weighted by molar-refractivity contribution is -0.138. The fourth-order valence-electron chi connectivity index (χ4n) is 12.1. The number of rotatable bonds is 28. The summed E-state index contributed by atoms with van der Waals surface area (Å²) in [5, 5.41) is 36.6. The van der Waals surface area contributed by atoms with E-state index in [4.69, 9.17) is 21.7 Å². The molecule has 3 heterocycles. The van der Waals surface area contributed by atoms with Crippen molar-refractivity contribution in [3.8, 4) is 12.3 Å². The van der Waals surface area contributed by atoms with Gasteiger partial charge in [-0.1, -0.05) is 143 Å². The van der Waals surface area contributed by atoms with E-state index < -0.39 is 59.8 Å². The summed E-state index contributed by atoms with van der Waals surface area (Å²) in [7, 11) is -6.48. The van der Waals surface area contributed by atoms with Crippen LogP contribution in [0, 0.1) is 32.0 Å². The molecular formula is C71H89FN6O12S3. The molecule has 3 aliphatic rings. The number of aryl methyl sites for hydroxylation is 2. The molecule has 18 nitrogen and oxygen atoms in total. The number of para-hydroxylation sites is 3. The van der Waals surface area contributed by atoms with Gasteiger partial charge in [0.25, 0.3) is 30.1 Å². The summed E-state index contributed by atoms with van der Waals surface area (Å²) in [4.78, 5) is 32.4. The molecule has 6 aromatic rings. The average Bonchev–Trinajstić information content (AvgIpc) is 1.64. The predicted octanol–water partition coefficient (Wildman–Crippen LogP) is 12.9. The number of hydrogen-bond acceptors (Lipinski definition) is 12. The van der Waals surface area contributed by atoms with Crippen molar-refractivity contribution in [3.63, 3.8) is 0 Å². The molecule has 500 valence electrons. The molecule has 0 aromatic heterocycles. The molecule has 0 spiro atoms. The summed E-state index contributed by atoms with van der Waals surface area (Å²) in [6.07, 6.45) is 21.1. The predicted molar refractivity (Wildman–Crippen MR) is 363 cm³/mol. The number of unbranched alkanes of at least 4 members (excludes halogenated alkanes) is 13. The third-order valence-corrected chi connectivity index (χ3v) is 22.7. The fourth-order valence-corrected chi connectivity index (χ4v) is 16.6. The number of halogens is 1. The first-order valence-corrected chi connectivity index (χ1v) is 36.3. The van der Waals surface area contributed by atoms with Gasteiger partial charge in [-0.15, -0.1) is 6.42 Å². The van der Waals surface area contributed by atoms with Crippen LogP contribution in [0.1, 0.15) is 190 Å². The minimum Gasteiger partial charge on any atom is -0.481 e. The fraction of sp³-hybridized carbons (Fsp3) is 0.423. The smallest absolute Gasteiger partial charge is 0.303 e. The van der Waals surface area contributed by atoms with Crippen LogP contribution in [-0.2, 0) is 44.5 Å². The Morgan fingerprint density at radius 3 is 1.13 bits per heavy atom. The first-order valence-electron chi connectivity index (χ1n) is 32.0. The Morgan fingerprint density at radius 1 is 0.430 bits per heavy atom. The van der Waals surface area contributed by atoms with Crippen molar-refractivity contribution >= 4 is 65.0 Å². The van der Waals surface area contributed by atoms with Gasteiger partial charge in [0, 0.05) is 46.0 Å². The minimum absolute atomic E-state index is 0.110. The van der Waals surface area contributed by atoms with Crippen LogP contribution in [0.3, 0.4) is 0 Å². The maximum absolute atomic E-state index is 14.4. The highest BCUT2D eigenvalue weighted by molar-refractivity contribution is 7.93. The second-order valence-corrected chi connectivity index (χ2v) is 29.7. The lowest BCUT2D eigenvalue weighted by Gasteiger charge is -2.22. The Balaban J connectivity index is 0.000000198. The first-order chi connectivity index (χ1) is 44.4. The van der Waals surface area contributed by atoms with Gasteiger partial charge in [0.05, 0.1) is 49.9 Å². The topological polar surface area (TPSA) is 260 Å².